The van der Waals surface area contributed by atoms with Crippen LogP contribution in [-0.2, 0) is 5.41 Å². The normalized spacial score (nSPS) is 11.4. The first-order valence-corrected chi connectivity index (χ1v) is 6.10. The maximum Gasteiger partial charge on any atom is 0.166 e. The number of rotatable bonds is 3. The fourth-order valence-corrected chi connectivity index (χ4v) is 1.93. The minimum atomic E-state index is -0.0430. The van der Waals surface area contributed by atoms with E-state index in [4.69, 9.17) is 16.3 Å². The highest BCUT2D eigenvalue weighted by atomic mass is 35.5. The Hall–Kier alpha value is -1.02. The number of carbonyl (C=O) groups is 1. The summed E-state index contributed by atoms with van der Waals surface area (Å²) in [7, 11) is 1.53. The predicted octanol–water partition coefficient (Wildman–Crippen LogP) is 4.24. The molecule has 17 heavy (non-hydrogen) atoms. The summed E-state index contributed by atoms with van der Waals surface area (Å²) in [6.07, 6.45) is 0.445. The molecule has 1 rings (SSSR count). The Morgan fingerprint density at radius 1 is 1.35 bits per heavy atom. The van der Waals surface area contributed by atoms with E-state index >= 15 is 0 Å². The van der Waals surface area contributed by atoms with Crippen LogP contribution >= 0.6 is 11.6 Å². The molecule has 0 saturated heterocycles. The van der Waals surface area contributed by atoms with Gasteiger partial charge in [0.2, 0.25) is 0 Å². The number of Topliss-reactive ketones (excluding diaryl/α,β-unsaturated/α-hetero) is 1. The van der Waals surface area contributed by atoms with E-state index in [0.717, 1.165) is 5.56 Å². The van der Waals surface area contributed by atoms with E-state index in [1.165, 1.54) is 7.11 Å². The van der Waals surface area contributed by atoms with Crippen molar-refractivity contribution in [2.45, 2.75) is 39.5 Å². The van der Waals surface area contributed by atoms with Gasteiger partial charge in [-0.15, -0.1) is 0 Å². The Bertz CT molecular complexity index is 431. The lowest BCUT2D eigenvalue weighted by atomic mass is 9.85. The van der Waals surface area contributed by atoms with Crippen LogP contribution in [0.5, 0.6) is 5.75 Å². The molecule has 0 aliphatic heterocycles. The summed E-state index contributed by atoms with van der Waals surface area (Å²) < 4.78 is 5.21. The van der Waals surface area contributed by atoms with Crippen LogP contribution < -0.4 is 4.74 Å². The van der Waals surface area contributed by atoms with Crippen LogP contribution in [0.3, 0.4) is 0 Å². The lowest BCUT2D eigenvalue weighted by Crippen LogP contribution is -2.13. The summed E-state index contributed by atoms with van der Waals surface area (Å²) in [6, 6.07) is 3.75. The standard InChI is InChI=1S/C14H19ClO2/c1-6-12(16)10-7-9(14(2,3)4)8-11(15)13(10)17-5/h7-8H,6H2,1-5H3. The van der Waals surface area contributed by atoms with Gasteiger partial charge in [0.1, 0.15) is 5.75 Å². The van der Waals surface area contributed by atoms with Crippen LogP contribution in [0, 0.1) is 0 Å². The first kappa shape index (κ1) is 14.0. The molecule has 1 aromatic carbocycles. The van der Waals surface area contributed by atoms with Crippen molar-refractivity contribution < 1.29 is 9.53 Å². The molecule has 0 saturated carbocycles. The Morgan fingerprint density at radius 2 is 1.94 bits per heavy atom. The molecule has 0 unspecified atom stereocenters. The predicted molar refractivity (Wildman–Crippen MR) is 71.3 cm³/mol. The number of hydrogen-bond acceptors (Lipinski definition) is 2. The quantitative estimate of drug-likeness (QED) is 0.755. The molecule has 3 heteroatoms. The monoisotopic (exact) mass is 254 g/mol. The first-order valence-electron chi connectivity index (χ1n) is 5.72. The molecule has 94 valence electrons. The van der Waals surface area contributed by atoms with E-state index in [-0.39, 0.29) is 11.2 Å². The van der Waals surface area contributed by atoms with E-state index in [1.807, 2.05) is 19.1 Å². The van der Waals surface area contributed by atoms with E-state index in [2.05, 4.69) is 20.8 Å². The molecule has 0 radical (unpaired) electrons. The van der Waals surface area contributed by atoms with Gasteiger partial charge in [0, 0.05) is 6.42 Å². The third kappa shape index (κ3) is 3.01. The molecule has 0 N–H and O–H groups in total. The van der Waals surface area contributed by atoms with Crippen molar-refractivity contribution in [1.82, 2.24) is 0 Å². The molecule has 1 aromatic rings. The fourth-order valence-electron chi connectivity index (χ4n) is 1.63. The second kappa shape index (κ2) is 5.09. The number of carbonyl (C=O) groups excluding carboxylic acids is 1. The zero-order chi connectivity index (χ0) is 13.2. The summed E-state index contributed by atoms with van der Waals surface area (Å²) in [5.74, 6) is 0.529. The van der Waals surface area contributed by atoms with Gasteiger partial charge in [-0.05, 0) is 23.1 Å². The van der Waals surface area contributed by atoms with E-state index in [1.54, 1.807) is 0 Å². The molecule has 0 atom stereocenters. The number of ketones is 1. The Kier molecular flexibility index (Phi) is 4.21. The number of methoxy groups -OCH3 is 1. The summed E-state index contributed by atoms with van der Waals surface area (Å²) in [6.45, 7) is 8.10. The zero-order valence-electron chi connectivity index (χ0n) is 11.1. The van der Waals surface area contributed by atoms with E-state index in [0.29, 0.717) is 22.8 Å². The molecular weight excluding hydrogens is 236 g/mol. The van der Waals surface area contributed by atoms with Crippen molar-refractivity contribution in [3.8, 4) is 5.75 Å². The number of hydrogen-bond donors (Lipinski definition) is 0. The van der Waals surface area contributed by atoms with Gasteiger partial charge in [-0.1, -0.05) is 39.3 Å². The minimum absolute atomic E-state index is 0.0430. The summed E-state index contributed by atoms with van der Waals surface area (Å²) in [4.78, 5) is 11.9. The average molecular weight is 255 g/mol. The van der Waals surface area contributed by atoms with Crippen LogP contribution in [-0.4, -0.2) is 12.9 Å². The largest absolute Gasteiger partial charge is 0.494 e. The smallest absolute Gasteiger partial charge is 0.166 e. The van der Waals surface area contributed by atoms with Crippen LogP contribution in [0.1, 0.15) is 50.0 Å². The number of benzene rings is 1. The van der Waals surface area contributed by atoms with Crippen molar-refractivity contribution in [1.29, 1.82) is 0 Å². The van der Waals surface area contributed by atoms with Crippen LogP contribution in [0.4, 0.5) is 0 Å². The topological polar surface area (TPSA) is 26.3 Å². The second-order valence-electron chi connectivity index (χ2n) is 5.07. The maximum atomic E-state index is 11.9. The van der Waals surface area contributed by atoms with Crippen molar-refractivity contribution >= 4 is 17.4 Å². The highest BCUT2D eigenvalue weighted by molar-refractivity contribution is 6.32. The average Bonchev–Trinajstić information content (AvgIpc) is 2.25. The third-order valence-electron chi connectivity index (χ3n) is 2.74. The van der Waals surface area contributed by atoms with Gasteiger partial charge >= 0.3 is 0 Å². The molecule has 0 aliphatic carbocycles. The highest BCUT2D eigenvalue weighted by Gasteiger charge is 2.21. The summed E-state index contributed by atoms with van der Waals surface area (Å²) in [5, 5.41) is 0.497. The number of halogens is 1. The maximum absolute atomic E-state index is 11.9. The Morgan fingerprint density at radius 3 is 2.35 bits per heavy atom. The minimum Gasteiger partial charge on any atom is -0.494 e. The van der Waals surface area contributed by atoms with Gasteiger partial charge in [-0.3, -0.25) is 4.79 Å². The number of ether oxygens (including phenoxy) is 1. The zero-order valence-corrected chi connectivity index (χ0v) is 11.8. The summed E-state index contributed by atoms with van der Waals surface area (Å²) in [5.41, 5.74) is 1.58. The van der Waals surface area contributed by atoms with Gasteiger partial charge in [0.25, 0.3) is 0 Å². The van der Waals surface area contributed by atoms with Gasteiger partial charge in [-0.25, -0.2) is 0 Å². The molecule has 2 nitrogen and oxygen atoms in total. The molecule has 0 bridgehead atoms. The molecule has 0 amide bonds. The van der Waals surface area contributed by atoms with Crippen molar-refractivity contribution in [2.24, 2.45) is 0 Å². The summed E-state index contributed by atoms with van der Waals surface area (Å²) >= 11 is 6.16. The molecular formula is C14H19ClO2. The first-order chi connectivity index (χ1) is 7.81. The second-order valence-corrected chi connectivity index (χ2v) is 5.47. The van der Waals surface area contributed by atoms with E-state index < -0.39 is 0 Å². The highest BCUT2D eigenvalue weighted by Crippen LogP contribution is 2.35. The van der Waals surface area contributed by atoms with Crippen LogP contribution in [0.25, 0.3) is 0 Å². The molecule has 0 spiro atoms. The Balaban J connectivity index is 3.44. The molecule has 0 heterocycles. The van der Waals surface area contributed by atoms with Crippen LogP contribution in [0.2, 0.25) is 5.02 Å². The lowest BCUT2D eigenvalue weighted by molar-refractivity contribution is 0.0985. The van der Waals surface area contributed by atoms with Crippen molar-refractivity contribution in [3.05, 3.63) is 28.3 Å². The van der Waals surface area contributed by atoms with Crippen molar-refractivity contribution in [3.63, 3.8) is 0 Å². The molecule has 0 fully saturated rings. The van der Waals surface area contributed by atoms with Gasteiger partial charge in [-0.2, -0.15) is 0 Å². The SMILES string of the molecule is CCC(=O)c1cc(C(C)(C)C)cc(Cl)c1OC. The van der Waals surface area contributed by atoms with Crippen LogP contribution in [0.15, 0.2) is 12.1 Å². The Labute approximate surface area is 108 Å². The third-order valence-corrected chi connectivity index (χ3v) is 3.02. The van der Waals surface area contributed by atoms with Gasteiger partial charge in [0.05, 0.1) is 17.7 Å². The van der Waals surface area contributed by atoms with E-state index in [9.17, 15) is 4.79 Å². The molecule has 0 aliphatic rings. The van der Waals surface area contributed by atoms with Crippen molar-refractivity contribution in [2.75, 3.05) is 7.11 Å². The lowest BCUT2D eigenvalue weighted by Gasteiger charge is -2.21. The van der Waals surface area contributed by atoms with Gasteiger partial charge in [0.15, 0.2) is 5.78 Å². The fraction of sp³-hybridized carbons (Fsp3) is 0.500. The molecule has 0 aromatic heterocycles. The van der Waals surface area contributed by atoms with Gasteiger partial charge < -0.3 is 4.74 Å².